The lowest BCUT2D eigenvalue weighted by molar-refractivity contribution is -0.120. The third-order valence-corrected chi connectivity index (χ3v) is 6.73. The van der Waals surface area contributed by atoms with Crippen molar-refractivity contribution in [1.82, 2.24) is 13.9 Å². The van der Waals surface area contributed by atoms with E-state index in [-0.39, 0.29) is 17.5 Å². The average molecular weight is 397 g/mol. The summed E-state index contributed by atoms with van der Waals surface area (Å²) >= 11 is 6.09. The second-order valence-electron chi connectivity index (χ2n) is 6.48. The second-order valence-corrected chi connectivity index (χ2v) is 8.77. The summed E-state index contributed by atoms with van der Waals surface area (Å²) in [6.45, 7) is 2.36. The van der Waals surface area contributed by atoms with Crippen LogP contribution in [0.3, 0.4) is 0 Å². The minimum atomic E-state index is -3.70. The highest BCUT2D eigenvalue weighted by Crippen LogP contribution is 2.26. The second kappa shape index (κ2) is 7.38. The number of aryl methyl sites for hydroxylation is 1. The SMILES string of the molecule is Cc1c(Cl)cccc1NC(=O)[C@H]1CCCN(S(=O)(=O)c2cn(C)cn2)C1. The highest BCUT2D eigenvalue weighted by molar-refractivity contribution is 7.89. The first-order chi connectivity index (χ1) is 12.3. The topological polar surface area (TPSA) is 84.3 Å². The number of hydrogen-bond acceptors (Lipinski definition) is 4. The van der Waals surface area contributed by atoms with Gasteiger partial charge in [-0.05, 0) is 37.5 Å². The molecule has 1 amide bonds. The van der Waals surface area contributed by atoms with Crippen LogP contribution in [0, 0.1) is 12.8 Å². The van der Waals surface area contributed by atoms with Crippen molar-refractivity contribution in [2.24, 2.45) is 13.0 Å². The van der Waals surface area contributed by atoms with E-state index in [4.69, 9.17) is 11.6 Å². The molecule has 1 aliphatic heterocycles. The number of imidazole rings is 1. The summed E-state index contributed by atoms with van der Waals surface area (Å²) in [5.41, 5.74) is 1.43. The summed E-state index contributed by atoms with van der Waals surface area (Å²) in [7, 11) is -1.98. The Morgan fingerprint density at radius 1 is 1.38 bits per heavy atom. The molecule has 9 heteroatoms. The molecule has 2 aromatic rings. The van der Waals surface area contributed by atoms with Crippen LogP contribution in [-0.4, -0.2) is 41.3 Å². The first kappa shape index (κ1) is 18.9. The summed E-state index contributed by atoms with van der Waals surface area (Å²) in [5.74, 6) is -0.614. The van der Waals surface area contributed by atoms with Crippen LogP contribution in [0.2, 0.25) is 5.02 Å². The molecule has 0 spiro atoms. The lowest BCUT2D eigenvalue weighted by Crippen LogP contribution is -2.43. The third-order valence-electron chi connectivity index (χ3n) is 4.57. The summed E-state index contributed by atoms with van der Waals surface area (Å²) in [5, 5.41) is 3.45. The van der Waals surface area contributed by atoms with Crippen LogP contribution >= 0.6 is 11.6 Å². The summed E-state index contributed by atoms with van der Waals surface area (Å²) in [6, 6.07) is 5.31. The summed E-state index contributed by atoms with van der Waals surface area (Å²) in [4.78, 5) is 16.6. The van der Waals surface area contributed by atoms with Crippen LogP contribution in [0.5, 0.6) is 0 Å². The molecule has 7 nitrogen and oxygen atoms in total. The molecule has 1 atom stereocenters. The van der Waals surface area contributed by atoms with Gasteiger partial charge in [0.2, 0.25) is 5.91 Å². The molecule has 1 fully saturated rings. The Balaban J connectivity index is 1.74. The third kappa shape index (κ3) is 3.77. The molecule has 1 aromatic carbocycles. The van der Waals surface area contributed by atoms with Crippen molar-refractivity contribution < 1.29 is 13.2 Å². The van der Waals surface area contributed by atoms with Gasteiger partial charge in [-0.3, -0.25) is 4.79 Å². The standard InChI is InChI=1S/C17H21ClN4O3S/c1-12-14(18)6-3-7-15(12)20-17(23)13-5-4-8-22(9-13)26(24,25)16-10-21(2)11-19-16/h3,6-7,10-11,13H,4-5,8-9H2,1-2H3,(H,20,23)/t13-/m0/s1. The van der Waals surface area contributed by atoms with Gasteiger partial charge in [-0.15, -0.1) is 0 Å². The summed E-state index contributed by atoms with van der Waals surface area (Å²) in [6.07, 6.45) is 4.18. The maximum atomic E-state index is 12.7. The van der Waals surface area contributed by atoms with Crippen molar-refractivity contribution in [2.75, 3.05) is 18.4 Å². The van der Waals surface area contributed by atoms with Crippen LogP contribution in [0.15, 0.2) is 35.7 Å². The van der Waals surface area contributed by atoms with E-state index in [2.05, 4.69) is 10.3 Å². The van der Waals surface area contributed by atoms with E-state index in [9.17, 15) is 13.2 Å². The van der Waals surface area contributed by atoms with Crippen LogP contribution in [0.1, 0.15) is 18.4 Å². The van der Waals surface area contributed by atoms with Crippen LogP contribution in [0.25, 0.3) is 0 Å². The normalized spacial score (nSPS) is 18.7. The fraction of sp³-hybridized carbons (Fsp3) is 0.412. The maximum Gasteiger partial charge on any atom is 0.262 e. The van der Waals surface area contributed by atoms with Crippen molar-refractivity contribution in [1.29, 1.82) is 0 Å². The number of piperidine rings is 1. The zero-order chi connectivity index (χ0) is 18.9. The Kier molecular flexibility index (Phi) is 5.36. The Hall–Kier alpha value is -1.90. The fourth-order valence-electron chi connectivity index (χ4n) is 3.01. The van der Waals surface area contributed by atoms with E-state index >= 15 is 0 Å². The molecule has 1 N–H and O–H groups in total. The van der Waals surface area contributed by atoms with E-state index in [0.717, 1.165) is 5.56 Å². The highest BCUT2D eigenvalue weighted by atomic mass is 35.5. The van der Waals surface area contributed by atoms with Gasteiger partial charge in [-0.2, -0.15) is 4.31 Å². The molecule has 140 valence electrons. The van der Waals surface area contributed by atoms with Gasteiger partial charge in [0, 0.05) is 37.0 Å². The van der Waals surface area contributed by atoms with Crippen LogP contribution in [-0.2, 0) is 21.9 Å². The van der Waals surface area contributed by atoms with Crippen molar-refractivity contribution in [2.45, 2.75) is 24.8 Å². The monoisotopic (exact) mass is 396 g/mol. The summed E-state index contributed by atoms with van der Waals surface area (Å²) < 4.78 is 28.4. The quantitative estimate of drug-likeness (QED) is 0.860. The molecular weight excluding hydrogens is 376 g/mol. The van der Waals surface area contributed by atoms with E-state index in [1.54, 1.807) is 29.8 Å². The lowest BCUT2D eigenvalue weighted by atomic mass is 9.98. The molecular formula is C17H21ClN4O3S. The van der Waals surface area contributed by atoms with E-state index < -0.39 is 15.9 Å². The van der Waals surface area contributed by atoms with Gasteiger partial charge < -0.3 is 9.88 Å². The number of nitrogens with zero attached hydrogens (tertiary/aromatic N) is 3. The number of halogens is 1. The minimum absolute atomic E-state index is 0.00624. The Labute approximate surface area is 158 Å². The Morgan fingerprint density at radius 3 is 2.85 bits per heavy atom. The Morgan fingerprint density at radius 2 is 2.15 bits per heavy atom. The van der Waals surface area contributed by atoms with Gasteiger partial charge in [-0.1, -0.05) is 17.7 Å². The van der Waals surface area contributed by atoms with Gasteiger partial charge in [0.1, 0.15) is 0 Å². The average Bonchev–Trinajstić information content (AvgIpc) is 3.06. The first-order valence-corrected chi connectivity index (χ1v) is 10.1. The molecule has 1 aliphatic rings. The fourth-order valence-corrected chi connectivity index (χ4v) is 4.67. The molecule has 1 saturated heterocycles. The molecule has 0 bridgehead atoms. The molecule has 3 rings (SSSR count). The maximum absolute atomic E-state index is 12.7. The number of aromatic nitrogens is 2. The largest absolute Gasteiger partial charge is 0.339 e. The number of carbonyl (C=O) groups is 1. The van der Waals surface area contributed by atoms with Crippen molar-refractivity contribution in [3.8, 4) is 0 Å². The molecule has 0 radical (unpaired) electrons. The van der Waals surface area contributed by atoms with Crippen LogP contribution < -0.4 is 5.32 Å². The van der Waals surface area contributed by atoms with Gasteiger partial charge >= 0.3 is 0 Å². The van der Waals surface area contributed by atoms with Crippen molar-refractivity contribution in [3.63, 3.8) is 0 Å². The lowest BCUT2D eigenvalue weighted by Gasteiger charge is -2.30. The van der Waals surface area contributed by atoms with Gasteiger partial charge in [-0.25, -0.2) is 13.4 Å². The molecule has 26 heavy (non-hydrogen) atoms. The number of rotatable bonds is 4. The molecule has 1 aromatic heterocycles. The molecule has 0 unspecified atom stereocenters. The van der Waals surface area contributed by atoms with E-state index in [0.29, 0.717) is 30.1 Å². The number of carbonyl (C=O) groups excluding carboxylic acids is 1. The number of benzene rings is 1. The smallest absolute Gasteiger partial charge is 0.262 e. The molecule has 0 saturated carbocycles. The number of hydrogen-bond donors (Lipinski definition) is 1. The predicted molar refractivity (Wildman–Crippen MR) is 99.5 cm³/mol. The predicted octanol–water partition coefficient (Wildman–Crippen LogP) is 2.42. The Bertz CT molecular complexity index is 926. The van der Waals surface area contributed by atoms with E-state index in [1.807, 2.05) is 6.92 Å². The highest BCUT2D eigenvalue weighted by Gasteiger charge is 2.34. The minimum Gasteiger partial charge on any atom is -0.339 e. The number of amides is 1. The van der Waals surface area contributed by atoms with Crippen LogP contribution in [0.4, 0.5) is 5.69 Å². The zero-order valence-corrected chi connectivity index (χ0v) is 16.2. The zero-order valence-electron chi connectivity index (χ0n) is 14.6. The van der Waals surface area contributed by atoms with Gasteiger partial charge in [0.25, 0.3) is 10.0 Å². The number of sulfonamides is 1. The van der Waals surface area contributed by atoms with Gasteiger partial charge in [0.05, 0.1) is 12.2 Å². The van der Waals surface area contributed by atoms with Gasteiger partial charge in [0.15, 0.2) is 5.03 Å². The van der Waals surface area contributed by atoms with Crippen molar-refractivity contribution >= 4 is 33.2 Å². The van der Waals surface area contributed by atoms with Crippen molar-refractivity contribution in [3.05, 3.63) is 41.3 Å². The van der Waals surface area contributed by atoms with E-state index in [1.165, 1.54) is 16.8 Å². The molecule has 2 heterocycles. The number of anilines is 1. The number of nitrogens with one attached hydrogen (secondary N) is 1. The molecule has 0 aliphatic carbocycles. The first-order valence-electron chi connectivity index (χ1n) is 8.33.